The number of ether oxygens (including phenoxy) is 1. The van der Waals surface area contributed by atoms with E-state index >= 15 is 0 Å². The van der Waals surface area contributed by atoms with Gasteiger partial charge in [0.1, 0.15) is 12.2 Å². The molecule has 20 heavy (non-hydrogen) atoms. The summed E-state index contributed by atoms with van der Waals surface area (Å²) in [5.41, 5.74) is 1.11. The van der Waals surface area contributed by atoms with Crippen molar-refractivity contribution in [2.75, 3.05) is 7.11 Å². The summed E-state index contributed by atoms with van der Waals surface area (Å²) in [5.74, 6) is -0.0628. The number of pyridine rings is 1. The second-order valence-corrected chi connectivity index (χ2v) is 4.76. The smallest absolute Gasteiger partial charge is 0.313 e. The van der Waals surface area contributed by atoms with E-state index in [1.807, 2.05) is 0 Å². The molecular formula is C13H14N4O3. The lowest BCUT2D eigenvalue weighted by Gasteiger charge is -2.04. The molecule has 0 bridgehead atoms. The number of rotatable bonds is 4. The zero-order valence-electron chi connectivity index (χ0n) is 11.0. The summed E-state index contributed by atoms with van der Waals surface area (Å²) in [4.78, 5) is 23.3. The number of carbonyl (C=O) groups is 2. The first kappa shape index (κ1) is 12.6. The molecule has 2 aromatic heterocycles. The molecule has 0 atom stereocenters. The van der Waals surface area contributed by atoms with Gasteiger partial charge < -0.3 is 10.1 Å². The molecule has 2 aromatic rings. The van der Waals surface area contributed by atoms with Crippen LogP contribution in [0.4, 0.5) is 0 Å². The molecule has 1 saturated carbocycles. The highest BCUT2D eigenvalue weighted by molar-refractivity contribution is 5.94. The van der Waals surface area contributed by atoms with E-state index in [2.05, 4.69) is 20.3 Å². The first-order valence-electron chi connectivity index (χ1n) is 6.38. The van der Waals surface area contributed by atoms with E-state index in [4.69, 9.17) is 0 Å². The highest BCUT2D eigenvalue weighted by atomic mass is 16.5. The Morgan fingerprint density at radius 2 is 2.20 bits per heavy atom. The molecule has 104 valence electrons. The van der Waals surface area contributed by atoms with Crippen molar-refractivity contribution in [3.63, 3.8) is 0 Å². The molecule has 0 spiro atoms. The SMILES string of the molecule is COC(=O)Cc1nnc2ccc(C(=O)NC3CC3)cn12. The van der Waals surface area contributed by atoms with Crippen LogP contribution in [0.15, 0.2) is 18.3 Å². The molecule has 1 N–H and O–H groups in total. The number of nitrogens with zero attached hydrogens (tertiary/aromatic N) is 3. The van der Waals surface area contributed by atoms with Gasteiger partial charge in [-0.1, -0.05) is 0 Å². The Morgan fingerprint density at radius 1 is 1.40 bits per heavy atom. The van der Waals surface area contributed by atoms with E-state index in [0.717, 1.165) is 12.8 Å². The molecule has 2 heterocycles. The normalized spacial score (nSPS) is 14.2. The number of nitrogens with one attached hydrogen (secondary N) is 1. The number of hydrogen-bond acceptors (Lipinski definition) is 5. The molecule has 0 unspecified atom stereocenters. The number of hydrogen-bond donors (Lipinski definition) is 1. The van der Waals surface area contributed by atoms with E-state index < -0.39 is 5.97 Å². The summed E-state index contributed by atoms with van der Waals surface area (Å²) in [6.07, 6.45) is 3.74. The van der Waals surface area contributed by atoms with Gasteiger partial charge in [-0.25, -0.2) is 0 Å². The fraction of sp³-hybridized carbons (Fsp3) is 0.385. The standard InChI is InChI=1S/C13H14N4O3/c1-20-12(18)6-11-16-15-10-5-2-8(7-17(10)11)13(19)14-9-3-4-9/h2,5,7,9H,3-4,6H2,1H3,(H,14,19). The minimum absolute atomic E-state index is 0.0192. The number of amides is 1. The van der Waals surface area contributed by atoms with E-state index in [1.54, 1.807) is 22.7 Å². The quantitative estimate of drug-likeness (QED) is 0.812. The second-order valence-electron chi connectivity index (χ2n) is 4.76. The van der Waals surface area contributed by atoms with E-state index in [-0.39, 0.29) is 12.3 Å². The van der Waals surface area contributed by atoms with Gasteiger partial charge in [0.25, 0.3) is 5.91 Å². The largest absolute Gasteiger partial charge is 0.469 e. The molecule has 7 heteroatoms. The summed E-state index contributed by atoms with van der Waals surface area (Å²) in [6, 6.07) is 3.70. The predicted octanol–water partition coefficient (Wildman–Crippen LogP) is 0.337. The number of aromatic nitrogens is 3. The van der Waals surface area contributed by atoms with Gasteiger partial charge in [0, 0.05) is 12.2 Å². The van der Waals surface area contributed by atoms with Crippen molar-refractivity contribution in [3.05, 3.63) is 29.7 Å². The van der Waals surface area contributed by atoms with Crippen LogP contribution in [0, 0.1) is 0 Å². The molecule has 0 aliphatic heterocycles. The van der Waals surface area contributed by atoms with Crippen LogP contribution in [-0.2, 0) is 16.0 Å². The third kappa shape index (κ3) is 2.47. The molecule has 1 amide bonds. The van der Waals surface area contributed by atoms with Gasteiger partial charge in [-0.05, 0) is 25.0 Å². The Morgan fingerprint density at radius 3 is 2.90 bits per heavy atom. The molecule has 0 saturated heterocycles. The molecule has 1 aliphatic carbocycles. The fourth-order valence-electron chi connectivity index (χ4n) is 1.89. The molecule has 1 aliphatic rings. The Hall–Kier alpha value is -2.44. The Kier molecular flexibility index (Phi) is 3.09. The van der Waals surface area contributed by atoms with Crippen LogP contribution in [-0.4, -0.2) is 39.6 Å². The zero-order chi connectivity index (χ0) is 14.1. The van der Waals surface area contributed by atoms with Crippen LogP contribution in [0.2, 0.25) is 0 Å². The van der Waals surface area contributed by atoms with E-state index in [9.17, 15) is 9.59 Å². The number of esters is 1. The second kappa shape index (κ2) is 4.92. The Labute approximate surface area is 114 Å². The average molecular weight is 274 g/mol. The zero-order valence-corrected chi connectivity index (χ0v) is 11.0. The van der Waals surface area contributed by atoms with E-state index in [0.29, 0.717) is 23.1 Å². The van der Waals surface area contributed by atoms with Gasteiger partial charge in [0.05, 0.1) is 12.7 Å². The molecule has 0 aromatic carbocycles. The maximum atomic E-state index is 12.0. The van der Waals surface area contributed by atoms with Crippen LogP contribution in [0.25, 0.3) is 5.65 Å². The molecule has 3 rings (SSSR count). The summed E-state index contributed by atoms with van der Waals surface area (Å²) >= 11 is 0. The lowest BCUT2D eigenvalue weighted by atomic mass is 10.2. The van der Waals surface area contributed by atoms with Crippen LogP contribution < -0.4 is 5.32 Å². The molecular weight excluding hydrogens is 260 g/mol. The van der Waals surface area contributed by atoms with Crippen LogP contribution in [0.1, 0.15) is 29.0 Å². The maximum absolute atomic E-state index is 12.0. The summed E-state index contributed by atoms with van der Waals surface area (Å²) in [6.45, 7) is 0. The first-order chi connectivity index (χ1) is 9.67. The average Bonchev–Trinajstić information content (AvgIpc) is 3.18. The van der Waals surface area contributed by atoms with Gasteiger partial charge >= 0.3 is 5.97 Å². The summed E-state index contributed by atoms with van der Waals surface area (Å²) in [7, 11) is 1.32. The number of carbonyl (C=O) groups excluding carboxylic acids is 2. The minimum atomic E-state index is -0.396. The topological polar surface area (TPSA) is 85.6 Å². The molecule has 7 nitrogen and oxygen atoms in total. The third-order valence-corrected chi connectivity index (χ3v) is 3.18. The lowest BCUT2D eigenvalue weighted by Crippen LogP contribution is -2.25. The Bertz CT molecular complexity index is 675. The minimum Gasteiger partial charge on any atom is -0.469 e. The third-order valence-electron chi connectivity index (χ3n) is 3.18. The van der Waals surface area contributed by atoms with Crippen molar-refractivity contribution in [2.45, 2.75) is 25.3 Å². The van der Waals surface area contributed by atoms with Crippen molar-refractivity contribution in [2.24, 2.45) is 0 Å². The summed E-state index contributed by atoms with van der Waals surface area (Å²) < 4.78 is 6.25. The van der Waals surface area contributed by atoms with Gasteiger partial charge in [0.2, 0.25) is 0 Å². The van der Waals surface area contributed by atoms with Crippen molar-refractivity contribution in [1.29, 1.82) is 0 Å². The molecule has 1 fully saturated rings. The van der Waals surface area contributed by atoms with Gasteiger partial charge in [-0.15, -0.1) is 10.2 Å². The van der Waals surface area contributed by atoms with Crippen molar-refractivity contribution < 1.29 is 14.3 Å². The van der Waals surface area contributed by atoms with Crippen molar-refractivity contribution in [1.82, 2.24) is 19.9 Å². The van der Waals surface area contributed by atoms with Gasteiger partial charge in [-0.2, -0.15) is 0 Å². The Balaban J connectivity index is 1.89. The lowest BCUT2D eigenvalue weighted by molar-refractivity contribution is -0.139. The predicted molar refractivity (Wildman–Crippen MR) is 69.2 cm³/mol. The van der Waals surface area contributed by atoms with Crippen molar-refractivity contribution >= 4 is 17.5 Å². The summed E-state index contributed by atoms with van der Waals surface area (Å²) in [5, 5.41) is 10.8. The van der Waals surface area contributed by atoms with Crippen molar-refractivity contribution in [3.8, 4) is 0 Å². The maximum Gasteiger partial charge on any atom is 0.313 e. The highest BCUT2D eigenvalue weighted by Gasteiger charge is 2.24. The van der Waals surface area contributed by atoms with Gasteiger partial charge in [0.15, 0.2) is 5.65 Å². The monoisotopic (exact) mass is 274 g/mol. The van der Waals surface area contributed by atoms with Gasteiger partial charge in [-0.3, -0.25) is 14.0 Å². The highest BCUT2D eigenvalue weighted by Crippen LogP contribution is 2.19. The first-order valence-corrected chi connectivity index (χ1v) is 6.38. The van der Waals surface area contributed by atoms with Crippen LogP contribution in [0.3, 0.4) is 0 Å². The van der Waals surface area contributed by atoms with Crippen LogP contribution in [0.5, 0.6) is 0 Å². The van der Waals surface area contributed by atoms with Crippen LogP contribution >= 0.6 is 0 Å². The number of methoxy groups -OCH3 is 1. The molecule has 0 radical (unpaired) electrons. The fourth-order valence-corrected chi connectivity index (χ4v) is 1.89. The number of fused-ring (bicyclic) bond motifs is 1. The van der Waals surface area contributed by atoms with E-state index in [1.165, 1.54) is 7.11 Å².